The van der Waals surface area contributed by atoms with Gasteiger partial charge >= 0.3 is 0 Å². The quantitative estimate of drug-likeness (QED) is 0.709. The standard InChI is InChI=1S/C17H28N4/c1-3-8-18-9-16-10-19-17(20-13(16)2)21(11-14-4-5-14)12-15-6-7-15/h10,14-15,18H,3-9,11-12H2,1-2H3. The minimum Gasteiger partial charge on any atom is -0.340 e. The lowest BCUT2D eigenvalue weighted by Gasteiger charge is -2.23. The first-order valence-corrected chi connectivity index (χ1v) is 8.54. The Morgan fingerprint density at radius 1 is 1.19 bits per heavy atom. The van der Waals surface area contributed by atoms with Crippen molar-refractivity contribution in [2.45, 2.75) is 52.5 Å². The Morgan fingerprint density at radius 3 is 2.38 bits per heavy atom. The summed E-state index contributed by atoms with van der Waals surface area (Å²) < 4.78 is 0. The Balaban J connectivity index is 1.65. The van der Waals surface area contributed by atoms with E-state index >= 15 is 0 Å². The van der Waals surface area contributed by atoms with Crippen molar-refractivity contribution in [2.75, 3.05) is 24.5 Å². The predicted molar refractivity (Wildman–Crippen MR) is 86.4 cm³/mol. The van der Waals surface area contributed by atoms with Gasteiger partial charge in [0.15, 0.2) is 0 Å². The number of nitrogens with zero attached hydrogens (tertiary/aromatic N) is 3. The molecule has 116 valence electrons. The van der Waals surface area contributed by atoms with Crippen LogP contribution in [0, 0.1) is 18.8 Å². The molecule has 1 aromatic rings. The SMILES string of the molecule is CCCNCc1cnc(N(CC2CC2)CC2CC2)nc1C. The van der Waals surface area contributed by atoms with Crippen LogP contribution in [-0.2, 0) is 6.54 Å². The second kappa shape index (κ2) is 6.73. The lowest BCUT2D eigenvalue weighted by Crippen LogP contribution is -2.30. The highest BCUT2D eigenvalue weighted by Gasteiger charge is 2.30. The summed E-state index contributed by atoms with van der Waals surface area (Å²) >= 11 is 0. The van der Waals surface area contributed by atoms with Gasteiger partial charge in [-0.05, 0) is 57.4 Å². The summed E-state index contributed by atoms with van der Waals surface area (Å²) in [4.78, 5) is 11.9. The minimum absolute atomic E-state index is 0.880. The molecular weight excluding hydrogens is 260 g/mol. The molecule has 0 bridgehead atoms. The highest BCUT2D eigenvalue weighted by molar-refractivity contribution is 5.34. The molecule has 0 unspecified atom stereocenters. The number of rotatable bonds is 9. The number of nitrogens with one attached hydrogen (secondary N) is 1. The van der Waals surface area contributed by atoms with Crippen molar-refractivity contribution in [3.63, 3.8) is 0 Å². The molecule has 2 saturated carbocycles. The zero-order chi connectivity index (χ0) is 14.7. The van der Waals surface area contributed by atoms with Gasteiger partial charge in [-0.25, -0.2) is 9.97 Å². The van der Waals surface area contributed by atoms with Crippen molar-refractivity contribution in [3.05, 3.63) is 17.5 Å². The second-order valence-electron chi connectivity index (χ2n) is 6.75. The molecule has 1 N–H and O–H groups in total. The van der Waals surface area contributed by atoms with Crippen LogP contribution in [0.2, 0.25) is 0 Å². The van der Waals surface area contributed by atoms with E-state index in [9.17, 15) is 0 Å². The summed E-state index contributed by atoms with van der Waals surface area (Å²) in [6.45, 7) is 8.54. The second-order valence-corrected chi connectivity index (χ2v) is 6.75. The number of aromatic nitrogens is 2. The maximum absolute atomic E-state index is 4.79. The first kappa shape index (κ1) is 14.8. The summed E-state index contributed by atoms with van der Waals surface area (Å²) in [5.74, 6) is 2.72. The van der Waals surface area contributed by atoms with Crippen LogP contribution in [0.4, 0.5) is 5.95 Å². The highest BCUT2D eigenvalue weighted by atomic mass is 15.3. The Labute approximate surface area is 128 Å². The van der Waals surface area contributed by atoms with E-state index in [1.807, 2.05) is 6.20 Å². The van der Waals surface area contributed by atoms with Crippen LogP contribution in [-0.4, -0.2) is 29.6 Å². The van der Waals surface area contributed by atoms with Gasteiger partial charge in [-0.2, -0.15) is 0 Å². The Hall–Kier alpha value is -1.16. The summed E-state index contributed by atoms with van der Waals surface area (Å²) in [6, 6.07) is 0. The lowest BCUT2D eigenvalue weighted by atomic mass is 10.2. The van der Waals surface area contributed by atoms with Gasteiger partial charge in [0, 0.05) is 37.1 Å². The molecule has 4 heteroatoms. The molecule has 0 radical (unpaired) electrons. The van der Waals surface area contributed by atoms with Gasteiger partial charge in [-0.3, -0.25) is 0 Å². The fourth-order valence-corrected chi connectivity index (χ4v) is 2.67. The fourth-order valence-electron chi connectivity index (χ4n) is 2.67. The van der Waals surface area contributed by atoms with Crippen LogP contribution in [0.1, 0.15) is 50.3 Å². The number of anilines is 1. The third-order valence-electron chi connectivity index (χ3n) is 4.44. The van der Waals surface area contributed by atoms with E-state index in [4.69, 9.17) is 4.98 Å². The largest absolute Gasteiger partial charge is 0.340 e. The number of hydrogen-bond donors (Lipinski definition) is 1. The monoisotopic (exact) mass is 288 g/mol. The lowest BCUT2D eigenvalue weighted by molar-refractivity contribution is 0.650. The maximum Gasteiger partial charge on any atom is 0.225 e. The van der Waals surface area contributed by atoms with E-state index in [0.29, 0.717) is 0 Å². The molecule has 0 aromatic carbocycles. The predicted octanol–water partition coefficient (Wildman–Crippen LogP) is 2.91. The normalized spacial score (nSPS) is 18.0. The molecule has 0 amide bonds. The van der Waals surface area contributed by atoms with Crippen molar-refractivity contribution < 1.29 is 0 Å². The van der Waals surface area contributed by atoms with Gasteiger partial charge in [-0.1, -0.05) is 6.92 Å². The molecule has 21 heavy (non-hydrogen) atoms. The van der Waals surface area contributed by atoms with E-state index < -0.39 is 0 Å². The Kier molecular flexibility index (Phi) is 4.73. The summed E-state index contributed by atoms with van der Waals surface area (Å²) in [7, 11) is 0. The van der Waals surface area contributed by atoms with Crippen molar-refractivity contribution in [2.24, 2.45) is 11.8 Å². The van der Waals surface area contributed by atoms with Crippen molar-refractivity contribution >= 4 is 5.95 Å². The molecule has 2 aliphatic carbocycles. The van der Waals surface area contributed by atoms with Gasteiger partial charge in [0.05, 0.1) is 0 Å². The molecule has 0 spiro atoms. The minimum atomic E-state index is 0.880. The average molecular weight is 288 g/mol. The average Bonchev–Trinajstić information content (AvgIpc) is 3.35. The number of aryl methyl sites for hydroxylation is 1. The molecule has 1 heterocycles. The molecule has 4 nitrogen and oxygen atoms in total. The van der Waals surface area contributed by atoms with E-state index in [1.165, 1.54) is 31.2 Å². The molecule has 1 aromatic heterocycles. The van der Waals surface area contributed by atoms with Crippen molar-refractivity contribution in [1.82, 2.24) is 15.3 Å². The van der Waals surface area contributed by atoms with Gasteiger partial charge in [-0.15, -0.1) is 0 Å². The van der Waals surface area contributed by atoms with Gasteiger partial charge in [0.2, 0.25) is 5.95 Å². The van der Waals surface area contributed by atoms with Crippen LogP contribution in [0.15, 0.2) is 6.20 Å². The Bertz CT molecular complexity index is 452. The van der Waals surface area contributed by atoms with Crippen molar-refractivity contribution in [1.29, 1.82) is 0 Å². The van der Waals surface area contributed by atoms with Crippen molar-refractivity contribution in [3.8, 4) is 0 Å². The molecule has 2 fully saturated rings. The van der Waals surface area contributed by atoms with Gasteiger partial charge in [0.25, 0.3) is 0 Å². The highest BCUT2D eigenvalue weighted by Crippen LogP contribution is 2.34. The van der Waals surface area contributed by atoms with Crippen LogP contribution in [0.5, 0.6) is 0 Å². The summed E-state index contributed by atoms with van der Waals surface area (Å²) in [5.41, 5.74) is 2.35. The van der Waals surface area contributed by atoms with Crippen LogP contribution >= 0.6 is 0 Å². The zero-order valence-electron chi connectivity index (χ0n) is 13.4. The topological polar surface area (TPSA) is 41.1 Å². The molecule has 3 rings (SSSR count). The molecular formula is C17H28N4. The van der Waals surface area contributed by atoms with Gasteiger partial charge < -0.3 is 10.2 Å². The van der Waals surface area contributed by atoms with E-state index in [0.717, 1.165) is 56.1 Å². The summed E-state index contributed by atoms with van der Waals surface area (Å²) in [5, 5.41) is 3.43. The van der Waals surface area contributed by atoms with Gasteiger partial charge in [0.1, 0.15) is 0 Å². The third-order valence-corrected chi connectivity index (χ3v) is 4.44. The zero-order valence-corrected chi connectivity index (χ0v) is 13.4. The maximum atomic E-state index is 4.79. The Morgan fingerprint density at radius 2 is 1.86 bits per heavy atom. The van der Waals surface area contributed by atoms with Crippen LogP contribution in [0.25, 0.3) is 0 Å². The fraction of sp³-hybridized carbons (Fsp3) is 0.765. The smallest absolute Gasteiger partial charge is 0.225 e. The van der Waals surface area contributed by atoms with E-state index in [2.05, 4.69) is 29.0 Å². The molecule has 0 saturated heterocycles. The molecule has 0 aliphatic heterocycles. The molecule has 2 aliphatic rings. The van der Waals surface area contributed by atoms with E-state index in [1.54, 1.807) is 0 Å². The van der Waals surface area contributed by atoms with Crippen LogP contribution in [0.3, 0.4) is 0 Å². The van der Waals surface area contributed by atoms with E-state index in [-0.39, 0.29) is 0 Å². The first-order chi connectivity index (χ1) is 10.3. The van der Waals surface area contributed by atoms with Crippen LogP contribution < -0.4 is 10.2 Å². The number of hydrogen-bond acceptors (Lipinski definition) is 4. The molecule has 0 atom stereocenters. The first-order valence-electron chi connectivity index (χ1n) is 8.54. The summed E-state index contributed by atoms with van der Waals surface area (Å²) in [6.07, 6.45) is 8.73. The third kappa shape index (κ3) is 4.40.